The van der Waals surface area contributed by atoms with Crippen molar-refractivity contribution in [1.29, 1.82) is 0 Å². The van der Waals surface area contributed by atoms with Crippen LogP contribution in [0.3, 0.4) is 0 Å². The first-order chi connectivity index (χ1) is 14.9. The Morgan fingerprint density at radius 3 is 2.68 bits per heavy atom. The number of pyridine rings is 1. The molecule has 0 atom stereocenters. The summed E-state index contributed by atoms with van der Waals surface area (Å²) in [7, 11) is 0. The lowest BCUT2D eigenvalue weighted by atomic mass is 10.0. The summed E-state index contributed by atoms with van der Waals surface area (Å²) < 4.78 is 5.26. The van der Waals surface area contributed by atoms with Gasteiger partial charge in [0.25, 0.3) is 5.91 Å². The van der Waals surface area contributed by atoms with E-state index in [0.29, 0.717) is 16.6 Å². The van der Waals surface area contributed by atoms with Crippen LogP contribution in [-0.2, 0) is 22.4 Å². The van der Waals surface area contributed by atoms with Crippen LogP contribution >= 0.6 is 0 Å². The molecule has 2 aromatic carbocycles. The van der Waals surface area contributed by atoms with Crippen LogP contribution in [0, 0.1) is 13.8 Å². The predicted molar refractivity (Wildman–Crippen MR) is 117 cm³/mol. The monoisotopic (exact) mass is 417 g/mol. The molecule has 7 nitrogen and oxygen atoms in total. The number of urea groups is 1. The third kappa shape index (κ3) is 4.26. The summed E-state index contributed by atoms with van der Waals surface area (Å²) >= 11 is 0. The minimum Gasteiger partial charge on any atom is -0.452 e. The minimum atomic E-state index is -0.703. The highest BCUT2D eigenvalue weighted by atomic mass is 16.5. The molecule has 3 aromatic rings. The fourth-order valence-corrected chi connectivity index (χ4v) is 3.85. The molecule has 158 valence electrons. The van der Waals surface area contributed by atoms with E-state index in [0.717, 1.165) is 47.2 Å². The number of fused-ring (bicyclic) bond motifs is 2. The van der Waals surface area contributed by atoms with Gasteiger partial charge in [-0.2, -0.15) is 0 Å². The molecular formula is C24H23N3O4. The van der Waals surface area contributed by atoms with Gasteiger partial charge in [-0.25, -0.2) is 9.59 Å². The second-order valence-corrected chi connectivity index (χ2v) is 7.61. The molecule has 1 aromatic heterocycles. The van der Waals surface area contributed by atoms with Gasteiger partial charge < -0.3 is 10.1 Å². The molecule has 1 heterocycles. The fourth-order valence-electron chi connectivity index (χ4n) is 3.85. The molecule has 0 bridgehead atoms. The van der Waals surface area contributed by atoms with Gasteiger partial charge in [0.15, 0.2) is 6.61 Å². The summed E-state index contributed by atoms with van der Waals surface area (Å²) in [6, 6.07) is 12.2. The smallest absolute Gasteiger partial charge is 0.339 e. The van der Waals surface area contributed by atoms with Crippen molar-refractivity contribution in [2.24, 2.45) is 0 Å². The van der Waals surface area contributed by atoms with Crippen LogP contribution in [0.15, 0.2) is 42.5 Å². The summed E-state index contributed by atoms with van der Waals surface area (Å²) in [6.45, 7) is 3.26. The van der Waals surface area contributed by atoms with E-state index < -0.39 is 24.5 Å². The van der Waals surface area contributed by atoms with Gasteiger partial charge in [0.1, 0.15) is 0 Å². The zero-order valence-electron chi connectivity index (χ0n) is 17.5. The van der Waals surface area contributed by atoms with Crippen molar-refractivity contribution in [1.82, 2.24) is 10.3 Å². The molecule has 3 amide bonds. The van der Waals surface area contributed by atoms with Crippen LogP contribution < -0.4 is 10.6 Å². The van der Waals surface area contributed by atoms with Gasteiger partial charge in [0.2, 0.25) is 0 Å². The lowest BCUT2D eigenvalue weighted by Gasteiger charge is -2.13. The Morgan fingerprint density at radius 1 is 1.03 bits per heavy atom. The fraction of sp³-hybridized carbons (Fsp3) is 0.250. The molecule has 31 heavy (non-hydrogen) atoms. The van der Waals surface area contributed by atoms with Crippen LogP contribution in [0.5, 0.6) is 0 Å². The third-order valence-corrected chi connectivity index (χ3v) is 5.56. The summed E-state index contributed by atoms with van der Waals surface area (Å²) in [5, 5.41) is 5.54. The zero-order chi connectivity index (χ0) is 22.0. The van der Waals surface area contributed by atoms with E-state index in [2.05, 4.69) is 15.6 Å². The van der Waals surface area contributed by atoms with Crippen molar-refractivity contribution in [2.75, 3.05) is 11.9 Å². The second-order valence-electron chi connectivity index (χ2n) is 7.61. The quantitative estimate of drug-likeness (QED) is 0.629. The number of benzene rings is 2. The Kier molecular flexibility index (Phi) is 5.66. The van der Waals surface area contributed by atoms with Crippen molar-refractivity contribution >= 4 is 34.5 Å². The molecule has 1 aliphatic carbocycles. The number of hydrogen-bond donors (Lipinski definition) is 2. The summed E-state index contributed by atoms with van der Waals surface area (Å²) in [5.41, 5.74) is 5.53. The summed E-state index contributed by atoms with van der Waals surface area (Å²) in [5.74, 6) is -1.28. The van der Waals surface area contributed by atoms with Gasteiger partial charge in [0.05, 0.1) is 11.1 Å². The highest BCUT2D eigenvalue weighted by Crippen LogP contribution is 2.30. The molecular weight excluding hydrogens is 394 g/mol. The van der Waals surface area contributed by atoms with Crippen molar-refractivity contribution in [3.05, 3.63) is 70.4 Å². The van der Waals surface area contributed by atoms with Crippen LogP contribution in [0.1, 0.15) is 39.2 Å². The number of carbonyl (C=O) groups excluding carboxylic acids is 3. The Morgan fingerprint density at radius 2 is 1.84 bits per heavy atom. The van der Waals surface area contributed by atoms with Crippen molar-refractivity contribution < 1.29 is 19.1 Å². The van der Waals surface area contributed by atoms with E-state index in [9.17, 15) is 14.4 Å². The molecule has 7 heteroatoms. The summed E-state index contributed by atoms with van der Waals surface area (Å²) in [6.07, 6.45) is 2.50. The molecule has 4 rings (SSSR count). The molecule has 0 spiro atoms. The predicted octanol–water partition coefficient (Wildman–Crippen LogP) is 3.85. The number of imide groups is 1. The van der Waals surface area contributed by atoms with Gasteiger partial charge in [-0.15, -0.1) is 0 Å². The van der Waals surface area contributed by atoms with Gasteiger partial charge in [-0.3, -0.25) is 15.1 Å². The normalized spacial score (nSPS) is 12.3. The SMILES string of the molecule is Cc1cccc(NC(=O)NC(=O)COC(=O)c2c3c(nc4ccccc24)CCC3)c1C. The molecule has 0 radical (unpaired) electrons. The Balaban J connectivity index is 1.42. The van der Waals surface area contributed by atoms with E-state index in [-0.39, 0.29) is 0 Å². The van der Waals surface area contributed by atoms with Crippen LogP contribution in [-0.4, -0.2) is 29.5 Å². The number of aryl methyl sites for hydroxylation is 2. The van der Waals surface area contributed by atoms with E-state index in [1.807, 2.05) is 50.2 Å². The van der Waals surface area contributed by atoms with Gasteiger partial charge in [-0.1, -0.05) is 30.3 Å². The summed E-state index contributed by atoms with van der Waals surface area (Å²) in [4.78, 5) is 41.8. The largest absolute Gasteiger partial charge is 0.452 e. The molecule has 0 fully saturated rings. The third-order valence-electron chi connectivity index (χ3n) is 5.56. The first kappa shape index (κ1) is 20.5. The van der Waals surface area contributed by atoms with Gasteiger partial charge in [0, 0.05) is 16.8 Å². The average molecular weight is 417 g/mol. The van der Waals surface area contributed by atoms with Gasteiger partial charge >= 0.3 is 12.0 Å². The van der Waals surface area contributed by atoms with Crippen molar-refractivity contribution in [2.45, 2.75) is 33.1 Å². The number of hydrogen-bond acceptors (Lipinski definition) is 5. The maximum atomic E-state index is 12.9. The number of amides is 3. The molecule has 1 aliphatic rings. The number of para-hydroxylation sites is 1. The minimum absolute atomic E-state index is 0.464. The standard InChI is InChI=1S/C24H23N3O4/c1-14-7-5-11-18(15(14)2)26-24(30)27-21(28)13-31-23(29)22-16-8-3-4-10-19(16)25-20-12-6-9-17(20)22/h3-5,7-8,10-11H,6,9,12-13H2,1-2H3,(H2,26,27,28,30). The second kappa shape index (κ2) is 8.55. The number of aromatic nitrogens is 1. The Bertz CT molecular complexity index is 1200. The number of anilines is 1. The van der Waals surface area contributed by atoms with Crippen LogP contribution in [0.4, 0.5) is 10.5 Å². The number of nitrogens with one attached hydrogen (secondary N) is 2. The topological polar surface area (TPSA) is 97.4 Å². The molecule has 0 aliphatic heterocycles. The van der Waals surface area contributed by atoms with E-state index in [4.69, 9.17) is 4.74 Å². The van der Waals surface area contributed by atoms with E-state index >= 15 is 0 Å². The van der Waals surface area contributed by atoms with E-state index in [1.165, 1.54) is 0 Å². The van der Waals surface area contributed by atoms with Crippen molar-refractivity contribution in [3.63, 3.8) is 0 Å². The lowest BCUT2D eigenvalue weighted by molar-refractivity contribution is -0.123. The lowest BCUT2D eigenvalue weighted by Crippen LogP contribution is -2.37. The maximum Gasteiger partial charge on any atom is 0.339 e. The highest BCUT2D eigenvalue weighted by molar-refractivity contribution is 6.06. The number of ether oxygens (including phenoxy) is 1. The number of esters is 1. The van der Waals surface area contributed by atoms with Crippen LogP contribution in [0.2, 0.25) is 0 Å². The Labute approximate surface area is 179 Å². The number of nitrogens with zero attached hydrogens (tertiary/aromatic N) is 1. The Hall–Kier alpha value is -3.74. The van der Waals surface area contributed by atoms with Gasteiger partial charge in [-0.05, 0) is 61.9 Å². The molecule has 0 saturated heterocycles. The molecule has 0 unspecified atom stereocenters. The first-order valence-corrected chi connectivity index (χ1v) is 10.2. The van der Waals surface area contributed by atoms with Crippen molar-refractivity contribution in [3.8, 4) is 0 Å². The van der Waals surface area contributed by atoms with E-state index in [1.54, 1.807) is 6.07 Å². The molecule has 2 N–H and O–H groups in total. The van der Waals surface area contributed by atoms with Crippen LogP contribution in [0.25, 0.3) is 10.9 Å². The molecule has 0 saturated carbocycles. The average Bonchev–Trinajstić information content (AvgIpc) is 3.21. The zero-order valence-corrected chi connectivity index (χ0v) is 17.5. The first-order valence-electron chi connectivity index (χ1n) is 10.2. The highest BCUT2D eigenvalue weighted by Gasteiger charge is 2.25. The number of rotatable bonds is 4. The number of carbonyl (C=O) groups is 3. The maximum absolute atomic E-state index is 12.9.